The summed E-state index contributed by atoms with van der Waals surface area (Å²) in [5.41, 5.74) is 0. The number of phosphoric ester groups is 2. The standard InChI is InChI=1S/C66H124O17P2/c1-8-9-10-11-12-13-14-15-16-17-18-21-24-35-42-49-65(70)82-61(53-76-63(68)47-40-33-28-26-31-38-45-58(4)5)55-80-84(72,73)78-51-60(67)52-79-85(74,75)81-56-62(54-77-64(69)48-41-34-29-27-32-39-46-59(6)7)83-66(71)50-43-36-25-22-19-20-23-30-37-44-57(2)3/h13-16,57-62,67H,8-12,17-56H2,1-7H3,(H,72,73)(H,74,75)/b14-13-,16-15-/t60-,61-,62-/m1/s1. The Balaban J connectivity index is 5.27. The Morgan fingerprint density at radius 2 is 0.635 bits per heavy atom. The number of hydrogen-bond donors (Lipinski definition) is 3. The molecular formula is C66H124O17P2. The number of esters is 4. The molecule has 0 spiro atoms. The van der Waals surface area contributed by atoms with E-state index in [1.807, 2.05) is 0 Å². The van der Waals surface area contributed by atoms with Crippen molar-refractivity contribution >= 4 is 39.5 Å². The Bertz CT molecular complexity index is 1770. The molecule has 0 saturated carbocycles. The van der Waals surface area contributed by atoms with Crippen molar-refractivity contribution in [3.63, 3.8) is 0 Å². The molecule has 0 amide bonds. The van der Waals surface area contributed by atoms with E-state index in [4.69, 9.17) is 37.0 Å². The predicted molar refractivity (Wildman–Crippen MR) is 340 cm³/mol. The van der Waals surface area contributed by atoms with E-state index < -0.39 is 97.5 Å². The molecule has 0 aromatic rings. The highest BCUT2D eigenvalue weighted by Crippen LogP contribution is 2.45. The molecule has 0 saturated heterocycles. The highest BCUT2D eigenvalue weighted by atomic mass is 31.2. The summed E-state index contributed by atoms with van der Waals surface area (Å²) in [7, 11) is -9.90. The first-order chi connectivity index (χ1) is 40.7. The van der Waals surface area contributed by atoms with Gasteiger partial charge in [0.25, 0.3) is 0 Å². The van der Waals surface area contributed by atoms with E-state index in [0.29, 0.717) is 37.5 Å². The minimum absolute atomic E-state index is 0.0832. The zero-order chi connectivity index (χ0) is 63.1. The van der Waals surface area contributed by atoms with Crippen LogP contribution in [0.2, 0.25) is 0 Å². The van der Waals surface area contributed by atoms with Crippen molar-refractivity contribution in [1.29, 1.82) is 0 Å². The number of ether oxygens (including phenoxy) is 4. The van der Waals surface area contributed by atoms with Gasteiger partial charge in [-0.25, -0.2) is 9.13 Å². The molecule has 5 atom stereocenters. The molecule has 0 rings (SSSR count). The van der Waals surface area contributed by atoms with Crippen LogP contribution in [0.25, 0.3) is 0 Å². The first-order valence-electron chi connectivity index (χ1n) is 33.7. The molecule has 17 nitrogen and oxygen atoms in total. The number of allylic oxidation sites excluding steroid dienone is 4. The highest BCUT2D eigenvalue weighted by molar-refractivity contribution is 7.47. The fraction of sp³-hybridized carbons (Fsp3) is 0.879. The lowest BCUT2D eigenvalue weighted by Gasteiger charge is -2.21. The number of phosphoric acid groups is 2. The molecule has 500 valence electrons. The Morgan fingerprint density at radius 3 is 0.953 bits per heavy atom. The third-order valence-electron chi connectivity index (χ3n) is 14.5. The van der Waals surface area contributed by atoms with E-state index in [-0.39, 0.29) is 25.7 Å². The first-order valence-corrected chi connectivity index (χ1v) is 36.7. The molecule has 0 heterocycles. The number of carbonyl (C=O) groups excluding carboxylic acids is 4. The summed E-state index contributed by atoms with van der Waals surface area (Å²) in [6.07, 6.45) is 41.5. The van der Waals surface area contributed by atoms with Crippen molar-refractivity contribution in [2.24, 2.45) is 17.8 Å². The lowest BCUT2D eigenvalue weighted by Crippen LogP contribution is -2.30. The van der Waals surface area contributed by atoms with Crippen molar-refractivity contribution in [3.05, 3.63) is 24.3 Å². The molecule has 85 heavy (non-hydrogen) atoms. The second kappa shape index (κ2) is 56.8. The van der Waals surface area contributed by atoms with Crippen LogP contribution in [0.4, 0.5) is 0 Å². The molecule has 0 fully saturated rings. The quantitative estimate of drug-likeness (QED) is 0.0169. The average Bonchev–Trinajstić information content (AvgIpc) is 3.46. The first kappa shape index (κ1) is 82.5. The molecule has 0 aromatic heterocycles. The second-order valence-electron chi connectivity index (χ2n) is 24.6. The number of hydrogen-bond acceptors (Lipinski definition) is 15. The molecule has 0 bridgehead atoms. The summed E-state index contributed by atoms with van der Waals surface area (Å²) in [4.78, 5) is 72.2. The molecule has 0 aliphatic carbocycles. The van der Waals surface area contributed by atoms with Crippen molar-refractivity contribution in [3.8, 4) is 0 Å². The van der Waals surface area contributed by atoms with Crippen LogP contribution in [0.15, 0.2) is 24.3 Å². The van der Waals surface area contributed by atoms with Gasteiger partial charge in [-0.1, -0.05) is 246 Å². The van der Waals surface area contributed by atoms with Crippen LogP contribution in [-0.4, -0.2) is 96.7 Å². The largest absolute Gasteiger partial charge is 0.472 e. The van der Waals surface area contributed by atoms with Crippen LogP contribution < -0.4 is 0 Å². The maximum absolute atomic E-state index is 13.0. The monoisotopic (exact) mass is 1250 g/mol. The van der Waals surface area contributed by atoms with E-state index >= 15 is 0 Å². The normalized spacial score (nSPS) is 14.5. The van der Waals surface area contributed by atoms with Gasteiger partial charge in [0, 0.05) is 25.7 Å². The van der Waals surface area contributed by atoms with Crippen LogP contribution in [0.3, 0.4) is 0 Å². The Labute approximate surface area is 516 Å². The van der Waals surface area contributed by atoms with Crippen LogP contribution in [0.5, 0.6) is 0 Å². The van der Waals surface area contributed by atoms with Gasteiger partial charge in [0.2, 0.25) is 0 Å². The van der Waals surface area contributed by atoms with Gasteiger partial charge in [0.1, 0.15) is 19.3 Å². The van der Waals surface area contributed by atoms with Gasteiger partial charge in [0.05, 0.1) is 26.4 Å². The highest BCUT2D eigenvalue weighted by Gasteiger charge is 2.30. The lowest BCUT2D eigenvalue weighted by atomic mass is 10.0. The van der Waals surface area contributed by atoms with Gasteiger partial charge >= 0.3 is 39.5 Å². The summed E-state index contributed by atoms with van der Waals surface area (Å²) >= 11 is 0. The Hall–Kier alpha value is -2.46. The van der Waals surface area contributed by atoms with Crippen LogP contribution in [-0.2, 0) is 65.4 Å². The number of rotatable bonds is 62. The smallest absolute Gasteiger partial charge is 0.462 e. The minimum Gasteiger partial charge on any atom is -0.462 e. The van der Waals surface area contributed by atoms with E-state index in [2.05, 4.69) is 72.8 Å². The van der Waals surface area contributed by atoms with E-state index in [9.17, 15) is 43.2 Å². The van der Waals surface area contributed by atoms with Gasteiger partial charge in [-0.15, -0.1) is 0 Å². The lowest BCUT2D eigenvalue weighted by molar-refractivity contribution is -0.161. The SMILES string of the molecule is CCCCCC/C=C\C=C/CCCCCCCC(=O)O[C@H](COC(=O)CCCCCCCCC(C)C)COP(=O)(O)OC[C@@H](O)COP(=O)(O)OC[C@@H](COC(=O)CCCCCCCCC(C)C)OC(=O)CCCCCCCCCCCC(C)C. The molecular weight excluding hydrogens is 1130 g/mol. The summed E-state index contributed by atoms with van der Waals surface area (Å²) in [5, 5.41) is 10.5. The fourth-order valence-electron chi connectivity index (χ4n) is 9.29. The molecule has 0 aliphatic rings. The van der Waals surface area contributed by atoms with E-state index in [0.717, 1.165) is 121 Å². The Kier molecular flexibility index (Phi) is 55.1. The second-order valence-corrected chi connectivity index (χ2v) is 27.5. The van der Waals surface area contributed by atoms with Crippen molar-refractivity contribution in [1.82, 2.24) is 0 Å². The molecule has 3 N–H and O–H groups in total. The molecule has 19 heteroatoms. The summed E-state index contributed by atoms with van der Waals surface area (Å²) in [6, 6.07) is 0. The molecule has 2 unspecified atom stereocenters. The van der Waals surface area contributed by atoms with Gasteiger partial charge < -0.3 is 33.8 Å². The number of aliphatic hydroxyl groups is 1. The predicted octanol–water partition coefficient (Wildman–Crippen LogP) is 17.8. The van der Waals surface area contributed by atoms with Crippen molar-refractivity contribution in [2.45, 2.75) is 317 Å². The third kappa shape index (κ3) is 60.2. The summed E-state index contributed by atoms with van der Waals surface area (Å²) in [5.74, 6) is -0.0796. The minimum atomic E-state index is -4.95. The van der Waals surface area contributed by atoms with Gasteiger partial charge in [-0.05, 0) is 69.1 Å². The zero-order valence-electron chi connectivity index (χ0n) is 54.5. The molecule has 0 aliphatic heterocycles. The molecule has 0 radical (unpaired) electrons. The van der Waals surface area contributed by atoms with Crippen molar-refractivity contribution in [2.75, 3.05) is 39.6 Å². The number of unbranched alkanes of at least 4 members (excludes halogenated alkanes) is 27. The third-order valence-corrected chi connectivity index (χ3v) is 16.4. The van der Waals surface area contributed by atoms with Gasteiger partial charge in [-0.2, -0.15) is 0 Å². The summed E-state index contributed by atoms with van der Waals surface area (Å²) < 4.78 is 68.0. The maximum atomic E-state index is 13.0. The van der Waals surface area contributed by atoms with Crippen molar-refractivity contribution < 1.29 is 80.2 Å². The topological polar surface area (TPSA) is 237 Å². The van der Waals surface area contributed by atoms with Gasteiger partial charge in [-0.3, -0.25) is 37.3 Å². The van der Waals surface area contributed by atoms with E-state index in [1.165, 1.54) is 83.5 Å². The maximum Gasteiger partial charge on any atom is 0.472 e. The number of aliphatic hydroxyl groups excluding tert-OH is 1. The molecule has 0 aromatic carbocycles. The van der Waals surface area contributed by atoms with Crippen LogP contribution >= 0.6 is 15.6 Å². The van der Waals surface area contributed by atoms with E-state index in [1.54, 1.807) is 0 Å². The summed E-state index contributed by atoms with van der Waals surface area (Å²) in [6.45, 7) is 11.5. The Morgan fingerprint density at radius 1 is 0.365 bits per heavy atom. The van der Waals surface area contributed by atoms with Crippen LogP contribution in [0, 0.1) is 17.8 Å². The zero-order valence-corrected chi connectivity index (χ0v) is 56.3. The average molecular weight is 1250 g/mol. The fourth-order valence-corrected chi connectivity index (χ4v) is 10.9. The number of carbonyl (C=O) groups is 4. The van der Waals surface area contributed by atoms with Gasteiger partial charge in [0.15, 0.2) is 12.2 Å². The van der Waals surface area contributed by atoms with Crippen LogP contribution in [0.1, 0.15) is 299 Å².